The summed E-state index contributed by atoms with van der Waals surface area (Å²) in [6.45, 7) is 9.51. The van der Waals surface area contributed by atoms with Crippen LogP contribution in [0.25, 0.3) is 0 Å². The number of hydrogen-bond acceptors (Lipinski definition) is 5. The molecule has 22 heavy (non-hydrogen) atoms. The largest absolute Gasteiger partial charge is 0.379 e. The molecule has 3 heterocycles. The minimum atomic E-state index is 0.0982. The molecule has 5 nitrogen and oxygen atoms in total. The zero-order valence-electron chi connectivity index (χ0n) is 13.5. The zero-order chi connectivity index (χ0) is 15.5. The fourth-order valence-corrected chi connectivity index (χ4v) is 4.00. The number of carbonyl (C=O) groups excluding carboxylic acids is 1. The van der Waals surface area contributed by atoms with Gasteiger partial charge in [0.2, 0.25) is 0 Å². The molecule has 6 heteroatoms. The van der Waals surface area contributed by atoms with E-state index in [0.717, 1.165) is 50.8 Å². The molecular formula is C16H25N3O2S. The van der Waals surface area contributed by atoms with Gasteiger partial charge in [-0.2, -0.15) is 0 Å². The Morgan fingerprint density at radius 1 is 1.36 bits per heavy atom. The lowest BCUT2D eigenvalue weighted by Gasteiger charge is -2.40. The SMILES string of the molecule is CC(C)c1nc(C(=O)N2CCCC(N3CCOCC3)C2)cs1. The number of piperidine rings is 1. The van der Waals surface area contributed by atoms with Gasteiger partial charge in [-0.25, -0.2) is 4.98 Å². The summed E-state index contributed by atoms with van der Waals surface area (Å²) in [4.78, 5) is 21.7. The molecule has 0 saturated carbocycles. The van der Waals surface area contributed by atoms with Crippen molar-refractivity contribution < 1.29 is 9.53 Å². The number of carbonyl (C=O) groups is 1. The molecule has 1 unspecified atom stereocenters. The number of morpholine rings is 1. The van der Waals surface area contributed by atoms with Crippen molar-refractivity contribution in [1.29, 1.82) is 0 Å². The van der Waals surface area contributed by atoms with Gasteiger partial charge in [-0.3, -0.25) is 9.69 Å². The molecule has 3 rings (SSSR count). The summed E-state index contributed by atoms with van der Waals surface area (Å²) in [6, 6.07) is 0.477. The summed E-state index contributed by atoms with van der Waals surface area (Å²) in [5, 5.41) is 2.96. The summed E-state index contributed by atoms with van der Waals surface area (Å²) in [7, 11) is 0. The fraction of sp³-hybridized carbons (Fsp3) is 0.750. The molecule has 2 aliphatic rings. The van der Waals surface area contributed by atoms with Crippen molar-refractivity contribution in [1.82, 2.24) is 14.8 Å². The van der Waals surface area contributed by atoms with Crippen molar-refractivity contribution >= 4 is 17.2 Å². The average Bonchev–Trinajstić information content (AvgIpc) is 3.05. The van der Waals surface area contributed by atoms with E-state index in [-0.39, 0.29) is 5.91 Å². The Morgan fingerprint density at radius 2 is 2.14 bits per heavy atom. The number of ether oxygens (including phenoxy) is 1. The highest BCUT2D eigenvalue weighted by Gasteiger charge is 2.30. The van der Waals surface area contributed by atoms with Crippen molar-refractivity contribution in [3.8, 4) is 0 Å². The maximum absolute atomic E-state index is 12.7. The molecule has 0 spiro atoms. The van der Waals surface area contributed by atoms with Crippen LogP contribution in [0.15, 0.2) is 5.38 Å². The lowest BCUT2D eigenvalue weighted by atomic mass is 10.0. The Labute approximate surface area is 136 Å². The second-order valence-corrected chi connectivity index (χ2v) is 7.31. The molecule has 0 radical (unpaired) electrons. The molecular weight excluding hydrogens is 298 g/mol. The summed E-state index contributed by atoms with van der Waals surface area (Å²) in [5.41, 5.74) is 0.622. The maximum atomic E-state index is 12.7. The fourth-order valence-electron chi connectivity index (χ4n) is 3.19. The van der Waals surface area contributed by atoms with Crippen LogP contribution in [0.2, 0.25) is 0 Å². The first-order chi connectivity index (χ1) is 10.6. The van der Waals surface area contributed by atoms with Crippen molar-refractivity contribution in [2.24, 2.45) is 0 Å². The Kier molecular flexibility index (Phi) is 5.10. The standard InChI is InChI=1S/C16H25N3O2S/c1-12(2)15-17-14(11-22-15)16(20)19-5-3-4-13(10-19)18-6-8-21-9-7-18/h11-13H,3-10H2,1-2H3. The molecule has 1 amide bonds. The number of aromatic nitrogens is 1. The summed E-state index contributed by atoms with van der Waals surface area (Å²) in [5.74, 6) is 0.482. The smallest absolute Gasteiger partial charge is 0.273 e. The molecule has 122 valence electrons. The summed E-state index contributed by atoms with van der Waals surface area (Å²) in [6.07, 6.45) is 2.26. The van der Waals surface area contributed by atoms with Crippen LogP contribution >= 0.6 is 11.3 Å². The Hall–Kier alpha value is -0.980. The van der Waals surface area contributed by atoms with Crippen LogP contribution in [0, 0.1) is 0 Å². The lowest BCUT2D eigenvalue weighted by Crippen LogP contribution is -2.52. The molecule has 1 atom stereocenters. The van der Waals surface area contributed by atoms with E-state index in [2.05, 4.69) is 23.7 Å². The molecule has 0 N–H and O–H groups in total. The molecule has 0 bridgehead atoms. The topological polar surface area (TPSA) is 45.7 Å². The number of thiazole rings is 1. The van der Waals surface area contributed by atoms with E-state index in [0.29, 0.717) is 17.7 Å². The van der Waals surface area contributed by atoms with E-state index < -0.39 is 0 Å². The predicted octanol–water partition coefficient (Wildman–Crippen LogP) is 2.20. The second kappa shape index (κ2) is 7.06. The highest BCUT2D eigenvalue weighted by atomic mass is 32.1. The zero-order valence-corrected chi connectivity index (χ0v) is 14.3. The van der Waals surface area contributed by atoms with Crippen LogP contribution in [0.3, 0.4) is 0 Å². The Balaban J connectivity index is 1.64. The molecule has 0 aliphatic carbocycles. The maximum Gasteiger partial charge on any atom is 0.273 e. The first-order valence-corrected chi connectivity index (χ1v) is 9.09. The van der Waals surface area contributed by atoms with Crippen molar-refractivity contribution in [2.75, 3.05) is 39.4 Å². The number of rotatable bonds is 3. The molecule has 0 aromatic carbocycles. The van der Waals surface area contributed by atoms with Crippen molar-refractivity contribution in [2.45, 2.75) is 38.6 Å². The lowest BCUT2D eigenvalue weighted by molar-refractivity contribution is -0.00128. The number of nitrogens with zero attached hydrogens (tertiary/aromatic N) is 3. The highest BCUT2D eigenvalue weighted by molar-refractivity contribution is 7.09. The molecule has 1 aromatic heterocycles. The van der Waals surface area contributed by atoms with Gasteiger partial charge in [0.25, 0.3) is 5.91 Å². The van der Waals surface area contributed by atoms with Crippen molar-refractivity contribution in [3.05, 3.63) is 16.1 Å². The third-order valence-electron chi connectivity index (χ3n) is 4.48. The first kappa shape index (κ1) is 15.9. The monoisotopic (exact) mass is 323 g/mol. The minimum absolute atomic E-state index is 0.0982. The molecule has 2 fully saturated rings. The van der Waals surface area contributed by atoms with Gasteiger partial charge in [-0.05, 0) is 12.8 Å². The van der Waals surface area contributed by atoms with E-state index in [1.165, 1.54) is 6.42 Å². The summed E-state index contributed by atoms with van der Waals surface area (Å²) < 4.78 is 5.43. The van der Waals surface area contributed by atoms with Crippen LogP contribution in [-0.2, 0) is 4.74 Å². The van der Waals surface area contributed by atoms with Crippen LogP contribution in [0.1, 0.15) is 48.1 Å². The second-order valence-electron chi connectivity index (χ2n) is 6.42. The molecule has 2 saturated heterocycles. The summed E-state index contributed by atoms with van der Waals surface area (Å²) >= 11 is 1.59. The van der Waals surface area contributed by atoms with Gasteiger partial charge in [0.15, 0.2) is 0 Å². The Morgan fingerprint density at radius 3 is 2.82 bits per heavy atom. The van der Waals surface area contributed by atoms with Crippen molar-refractivity contribution in [3.63, 3.8) is 0 Å². The van der Waals surface area contributed by atoms with Gasteiger partial charge < -0.3 is 9.64 Å². The molecule has 1 aromatic rings. The minimum Gasteiger partial charge on any atom is -0.379 e. The predicted molar refractivity (Wildman–Crippen MR) is 87.5 cm³/mol. The highest BCUT2D eigenvalue weighted by Crippen LogP contribution is 2.22. The Bertz CT molecular complexity index is 511. The average molecular weight is 323 g/mol. The number of likely N-dealkylation sites (tertiary alicyclic amines) is 1. The first-order valence-electron chi connectivity index (χ1n) is 8.21. The van der Waals surface area contributed by atoms with E-state index in [9.17, 15) is 4.79 Å². The van der Waals surface area contributed by atoms with E-state index in [4.69, 9.17) is 4.74 Å². The van der Waals surface area contributed by atoms with Gasteiger partial charge in [-0.1, -0.05) is 13.8 Å². The van der Waals surface area contributed by atoms with E-state index in [1.54, 1.807) is 11.3 Å². The van der Waals surface area contributed by atoms with Crippen LogP contribution in [0.4, 0.5) is 0 Å². The van der Waals surface area contributed by atoms with Gasteiger partial charge in [0.05, 0.1) is 18.2 Å². The third-order valence-corrected chi connectivity index (χ3v) is 5.63. The van der Waals surface area contributed by atoms with Gasteiger partial charge in [-0.15, -0.1) is 11.3 Å². The van der Waals surface area contributed by atoms with Crippen LogP contribution in [0.5, 0.6) is 0 Å². The van der Waals surface area contributed by atoms with Gasteiger partial charge >= 0.3 is 0 Å². The quantitative estimate of drug-likeness (QED) is 0.855. The normalized spacial score (nSPS) is 24.0. The van der Waals surface area contributed by atoms with E-state index in [1.807, 2.05) is 10.3 Å². The molecule has 2 aliphatic heterocycles. The van der Waals surface area contributed by atoms with E-state index >= 15 is 0 Å². The van der Waals surface area contributed by atoms with Gasteiger partial charge in [0.1, 0.15) is 5.69 Å². The third kappa shape index (κ3) is 3.50. The number of amides is 1. The van der Waals surface area contributed by atoms with Crippen LogP contribution < -0.4 is 0 Å². The van der Waals surface area contributed by atoms with Crippen LogP contribution in [-0.4, -0.2) is 66.1 Å². The number of hydrogen-bond donors (Lipinski definition) is 0. The van der Waals surface area contributed by atoms with Gasteiger partial charge in [0, 0.05) is 43.5 Å².